The Labute approximate surface area is 224 Å². The van der Waals surface area contributed by atoms with Crippen LogP contribution >= 0.6 is 11.6 Å². The zero-order chi connectivity index (χ0) is 27.0. The van der Waals surface area contributed by atoms with Gasteiger partial charge in [0.05, 0.1) is 31.9 Å². The fourth-order valence-corrected chi connectivity index (χ4v) is 5.83. The number of hydrogen-bond donors (Lipinski definition) is 1. The lowest BCUT2D eigenvalue weighted by atomic mass is 9.85. The summed E-state index contributed by atoms with van der Waals surface area (Å²) in [5.74, 6) is 1.70. The van der Waals surface area contributed by atoms with E-state index < -0.39 is 0 Å². The molecule has 5 rings (SSSR count). The topological polar surface area (TPSA) is 105 Å². The number of carbonyl (C=O) groups excluding carboxylic acids is 1. The third kappa shape index (κ3) is 4.45. The standard InChI is InChI=1S/C28H30ClN3O6/c1-15-23-25(31-38-15)24-19(29)9-6-10-20(24)32(28(23)34)18-8-5-7-16(11-18)14-30-27(33)17-12-21(35-2)26(37-4)22(13-17)36-3/h6,9-10,12-13,16,18H,5,7-8,11,14H2,1-4H3,(H,30,33)/t16-,18-/m0/s1. The third-order valence-electron chi connectivity index (χ3n) is 7.38. The van der Waals surface area contributed by atoms with Crippen LogP contribution in [-0.4, -0.2) is 43.5 Å². The molecule has 4 aromatic rings. The average Bonchev–Trinajstić information content (AvgIpc) is 3.32. The van der Waals surface area contributed by atoms with Crippen molar-refractivity contribution in [3.63, 3.8) is 0 Å². The Bertz CT molecular complexity index is 1550. The van der Waals surface area contributed by atoms with Crippen LogP contribution in [0.15, 0.2) is 39.6 Å². The molecule has 1 saturated carbocycles. The molecule has 2 atom stereocenters. The number of nitrogens with one attached hydrogen (secondary N) is 1. The van der Waals surface area contributed by atoms with Crippen LogP contribution in [0.25, 0.3) is 21.8 Å². The molecule has 1 fully saturated rings. The van der Waals surface area contributed by atoms with Crippen LogP contribution in [0, 0.1) is 12.8 Å². The van der Waals surface area contributed by atoms with Crippen LogP contribution < -0.4 is 25.1 Å². The van der Waals surface area contributed by atoms with Gasteiger partial charge in [0.1, 0.15) is 16.7 Å². The average molecular weight is 540 g/mol. The maximum absolute atomic E-state index is 13.7. The number of benzene rings is 2. The normalized spacial score (nSPS) is 17.5. The molecule has 1 amide bonds. The zero-order valence-corrected chi connectivity index (χ0v) is 22.6. The van der Waals surface area contributed by atoms with E-state index >= 15 is 0 Å². The van der Waals surface area contributed by atoms with Gasteiger partial charge >= 0.3 is 0 Å². The molecule has 9 nitrogen and oxygen atoms in total. The van der Waals surface area contributed by atoms with Gasteiger partial charge in [0.25, 0.3) is 11.5 Å². The second kappa shape index (κ2) is 10.6. The SMILES string of the molecule is COc1cc(C(=O)NC[C@H]2CCC[C@H](n3c(=O)c4c(C)onc4c4c(Cl)cccc43)C2)cc(OC)c1OC. The summed E-state index contributed by atoms with van der Waals surface area (Å²) in [6.45, 7) is 2.22. The van der Waals surface area contributed by atoms with Crippen LogP contribution in [0.5, 0.6) is 17.2 Å². The van der Waals surface area contributed by atoms with Gasteiger partial charge in [-0.1, -0.05) is 29.2 Å². The summed E-state index contributed by atoms with van der Waals surface area (Å²) < 4.78 is 23.3. The zero-order valence-electron chi connectivity index (χ0n) is 21.8. The highest BCUT2D eigenvalue weighted by Gasteiger charge is 2.28. The molecule has 2 aromatic carbocycles. The van der Waals surface area contributed by atoms with E-state index in [1.807, 2.05) is 16.7 Å². The molecule has 1 aliphatic rings. The molecular weight excluding hydrogens is 510 g/mol. The van der Waals surface area contributed by atoms with Crippen molar-refractivity contribution < 1.29 is 23.5 Å². The highest BCUT2D eigenvalue weighted by atomic mass is 35.5. The van der Waals surface area contributed by atoms with Crippen LogP contribution in [-0.2, 0) is 0 Å². The predicted molar refractivity (Wildman–Crippen MR) is 145 cm³/mol. The molecule has 0 spiro atoms. The number of aryl methyl sites for hydroxylation is 1. The molecular formula is C28H30ClN3O6. The van der Waals surface area contributed by atoms with Gasteiger partial charge in [0.15, 0.2) is 11.5 Å². The minimum absolute atomic E-state index is 0.0426. The summed E-state index contributed by atoms with van der Waals surface area (Å²) in [7, 11) is 4.54. The lowest BCUT2D eigenvalue weighted by molar-refractivity contribution is 0.0939. The molecule has 0 aliphatic heterocycles. The quantitative estimate of drug-likeness (QED) is 0.340. The second-order valence-electron chi connectivity index (χ2n) is 9.58. The van der Waals surface area contributed by atoms with Crippen LogP contribution in [0.3, 0.4) is 0 Å². The first-order valence-electron chi connectivity index (χ1n) is 12.5. The first-order valence-corrected chi connectivity index (χ1v) is 12.9. The van der Waals surface area contributed by atoms with Gasteiger partial charge in [-0.15, -0.1) is 0 Å². The number of aromatic nitrogens is 2. The smallest absolute Gasteiger partial charge is 0.264 e. The van der Waals surface area contributed by atoms with Gasteiger partial charge < -0.3 is 28.6 Å². The van der Waals surface area contributed by atoms with Crippen LogP contribution in [0.4, 0.5) is 0 Å². The number of pyridine rings is 1. The summed E-state index contributed by atoms with van der Waals surface area (Å²) in [6.07, 6.45) is 3.49. The number of hydrogen-bond acceptors (Lipinski definition) is 7. The van der Waals surface area contributed by atoms with E-state index in [0.29, 0.717) is 51.0 Å². The van der Waals surface area contributed by atoms with Crippen LogP contribution in [0.1, 0.15) is 47.8 Å². The van der Waals surface area contributed by atoms with E-state index in [-0.39, 0.29) is 23.4 Å². The Morgan fingerprint density at radius 3 is 2.55 bits per heavy atom. The lowest BCUT2D eigenvalue weighted by Crippen LogP contribution is -2.34. The number of amides is 1. The minimum atomic E-state index is -0.234. The van der Waals surface area contributed by atoms with Crippen molar-refractivity contribution in [2.45, 2.75) is 38.6 Å². The molecule has 2 aromatic heterocycles. The van der Waals surface area contributed by atoms with E-state index in [1.165, 1.54) is 21.3 Å². The number of halogens is 1. The fraction of sp³-hybridized carbons (Fsp3) is 0.393. The van der Waals surface area contributed by atoms with Crippen molar-refractivity contribution in [3.05, 3.63) is 57.0 Å². The number of rotatable bonds is 7. The molecule has 10 heteroatoms. The molecule has 200 valence electrons. The Kier molecular flexibility index (Phi) is 7.21. The first kappa shape index (κ1) is 25.9. The Hall–Kier alpha value is -3.72. The highest BCUT2D eigenvalue weighted by molar-refractivity contribution is 6.37. The van der Waals surface area contributed by atoms with Gasteiger partial charge in [0, 0.05) is 23.5 Å². The van der Waals surface area contributed by atoms with E-state index in [9.17, 15) is 9.59 Å². The first-order chi connectivity index (χ1) is 18.4. The number of nitrogens with zero attached hydrogens (tertiary/aromatic N) is 2. The van der Waals surface area contributed by atoms with Crippen molar-refractivity contribution in [1.82, 2.24) is 15.0 Å². The Balaban J connectivity index is 1.40. The molecule has 0 unspecified atom stereocenters. The van der Waals surface area contributed by atoms with Crippen molar-refractivity contribution in [1.29, 1.82) is 0 Å². The largest absolute Gasteiger partial charge is 0.493 e. The number of carbonyl (C=O) groups is 1. The summed E-state index contributed by atoms with van der Waals surface area (Å²) >= 11 is 6.57. The minimum Gasteiger partial charge on any atom is -0.493 e. The highest BCUT2D eigenvalue weighted by Crippen LogP contribution is 2.39. The van der Waals surface area contributed by atoms with E-state index in [4.69, 9.17) is 30.3 Å². The summed E-state index contributed by atoms with van der Waals surface area (Å²) in [4.78, 5) is 26.7. The van der Waals surface area contributed by atoms with Crippen molar-refractivity contribution >= 4 is 39.3 Å². The van der Waals surface area contributed by atoms with Crippen LogP contribution in [0.2, 0.25) is 5.02 Å². The van der Waals surface area contributed by atoms with E-state index in [0.717, 1.165) is 36.6 Å². The Morgan fingerprint density at radius 1 is 1.13 bits per heavy atom. The van der Waals surface area contributed by atoms with E-state index in [2.05, 4.69) is 10.5 Å². The van der Waals surface area contributed by atoms with E-state index in [1.54, 1.807) is 25.1 Å². The van der Waals surface area contributed by atoms with Gasteiger partial charge in [0.2, 0.25) is 5.75 Å². The second-order valence-corrected chi connectivity index (χ2v) is 9.99. The number of ether oxygens (including phenoxy) is 3. The third-order valence-corrected chi connectivity index (χ3v) is 7.70. The summed E-state index contributed by atoms with van der Waals surface area (Å²) in [6, 6.07) is 8.77. The number of fused-ring (bicyclic) bond motifs is 3. The molecule has 0 bridgehead atoms. The lowest BCUT2D eigenvalue weighted by Gasteiger charge is -2.31. The maximum Gasteiger partial charge on any atom is 0.264 e. The molecule has 2 heterocycles. The monoisotopic (exact) mass is 539 g/mol. The number of methoxy groups -OCH3 is 3. The van der Waals surface area contributed by atoms with Gasteiger partial charge in [-0.2, -0.15) is 0 Å². The molecule has 0 saturated heterocycles. The van der Waals surface area contributed by atoms with Gasteiger partial charge in [-0.3, -0.25) is 9.59 Å². The molecule has 38 heavy (non-hydrogen) atoms. The van der Waals surface area contributed by atoms with Gasteiger partial charge in [-0.05, 0) is 56.4 Å². The fourth-order valence-electron chi connectivity index (χ4n) is 5.57. The molecule has 1 N–H and O–H groups in total. The summed E-state index contributed by atoms with van der Waals surface area (Å²) in [5, 5.41) is 8.90. The molecule has 1 aliphatic carbocycles. The predicted octanol–water partition coefficient (Wildman–Crippen LogP) is 5.29. The van der Waals surface area contributed by atoms with Crippen molar-refractivity contribution in [2.24, 2.45) is 5.92 Å². The Morgan fingerprint density at radius 2 is 1.87 bits per heavy atom. The summed E-state index contributed by atoms with van der Waals surface area (Å²) in [5.41, 5.74) is 1.53. The van der Waals surface area contributed by atoms with Crippen molar-refractivity contribution in [3.8, 4) is 17.2 Å². The molecule has 0 radical (unpaired) electrons. The van der Waals surface area contributed by atoms with Gasteiger partial charge in [-0.25, -0.2) is 0 Å². The van der Waals surface area contributed by atoms with Crippen molar-refractivity contribution in [2.75, 3.05) is 27.9 Å². The maximum atomic E-state index is 13.7.